The molecule has 0 fully saturated rings. The van der Waals surface area contributed by atoms with E-state index >= 15 is 0 Å². The fourth-order valence-electron chi connectivity index (χ4n) is 2.36. The second-order valence-corrected chi connectivity index (χ2v) is 4.61. The van der Waals surface area contributed by atoms with Crippen molar-refractivity contribution >= 4 is 17.1 Å². The lowest BCUT2D eigenvalue weighted by Crippen LogP contribution is -2.13. The smallest absolute Gasteiger partial charge is 0.134 e. The summed E-state index contributed by atoms with van der Waals surface area (Å²) >= 11 is 0. The highest BCUT2D eigenvalue weighted by atomic mass is 15.0. The van der Waals surface area contributed by atoms with E-state index in [1.54, 1.807) is 25.5 Å². The van der Waals surface area contributed by atoms with Crippen LogP contribution in [0.3, 0.4) is 0 Å². The monoisotopic (exact) mass is 277 g/mol. The minimum absolute atomic E-state index is 0.719. The van der Waals surface area contributed by atoms with Gasteiger partial charge in [-0.2, -0.15) is 0 Å². The number of aromatic nitrogens is 3. The van der Waals surface area contributed by atoms with Crippen LogP contribution in [0.1, 0.15) is 11.5 Å². The van der Waals surface area contributed by atoms with Crippen LogP contribution in [0.2, 0.25) is 0 Å². The van der Waals surface area contributed by atoms with Crippen molar-refractivity contribution < 1.29 is 0 Å². The van der Waals surface area contributed by atoms with E-state index in [1.165, 1.54) is 0 Å². The lowest BCUT2D eigenvalue weighted by atomic mass is 10.0. The summed E-state index contributed by atoms with van der Waals surface area (Å²) in [6, 6.07) is 1.95. The molecule has 2 aromatic heterocycles. The predicted octanol–water partition coefficient (Wildman–Crippen LogP) is 2.87. The van der Waals surface area contributed by atoms with E-state index < -0.39 is 0 Å². The average molecular weight is 277 g/mol. The minimum Gasteiger partial charge on any atom is -0.338 e. The summed E-state index contributed by atoms with van der Waals surface area (Å²) in [6.07, 6.45) is 9.02. The molecule has 2 aromatic rings. The van der Waals surface area contributed by atoms with Crippen LogP contribution in [0.4, 0.5) is 5.69 Å². The summed E-state index contributed by atoms with van der Waals surface area (Å²) < 4.78 is 0. The number of pyridine rings is 1. The van der Waals surface area contributed by atoms with Gasteiger partial charge in [0.15, 0.2) is 0 Å². The van der Waals surface area contributed by atoms with Crippen LogP contribution < -0.4 is 5.32 Å². The molecule has 104 valence electrons. The van der Waals surface area contributed by atoms with E-state index in [2.05, 4.69) is 31.8 Å². The van der Waals surface area contributed by atoms with Gasteiger partial charge >= 0.3 is 0 Å². The van der Waals surface area contributed by atoms with Gasteiger partial charge in [0.25, 0.3) is 0 Å². The molecule has 5 heteroatoms. The van der Waals surface area contributed by atoms with Crippen molar-refractivity contribution in [1.29, 1.82) is 0 Å². The third-order valence-corrected chi connectivity index (χ3v) is 3.29. The van der Waals surface area contributed by atoms with Gasteiger partial charge in [-0.1, -0.05) is 12.7 Å². The second kappa shape index (κ2) is 5.28. The highest BCUT2D eigenvalue weighted by molar-refractivity contribution is 6.31. The molecule has 0 amide bonds. The molecule has 0 aliphatic carbocycles. The average Bonchev–Trinajstić information content (AvgIpc) is 2.63. The molecule has 3 heterocycles. The topological polar surface area (TPSA) is 63.1 Å². The van der Waals surface area contributed by atoms with Crippen LogP contribution in [-0.4, -0.2) is 27.8 Å². The maximum absolute atomic E-state index is 4.60. The second-order valence-electron chi connectivity index (χ2n) is 4.61. The first kappa shape index (κ1) is 13.2. The molecule has 0 aromatic carbocycles. The zero-order chi connectivity index (χ0) is 14.8. The summed E-state index contributed by atoms with van der Waals surface area (Å²) in [5.41, 5.74) is 4.59. The fraction of sp³-hybridized carbons (Fsp3) is 0.125. The van der Waals surface area contributed by atoms with E-state index in [0.29, 0.717) is 0 Å². The Morgan fingerprint density at radius 3 is 2.90 bits per heavy atom. The lowest BCUT2D eigenvalue weighted by Gasteiger charge is -2.09. The number of rotatable bonds is 1. The third kappa shape index (κ3) is 2.23. The van der Waals surface area contributed by atoms with Gasteiger partial charge in [-0.05, 0) is 19.1 Å². The Hall–Kier alpha value is -2.82. The maximum atomic E-state index is 4.60. The summed E-state index contributed by atoms with van der Waals surface area (Å²) in [7, 11) is 1.74. The number of fused-ring (bicyclic) bond motifs is 3. The SMILES string of the molecule is C=C/C=C1\C(=NC)Nc2cnccc2-c2cnc(C)nc21. The van der Waals surface area contributed by atoms with Crippen LogP contribution in [0, 0.1) is 6.92 Å². The molecule has 1 aliphatic rings. The van der Waals surface area contributed by atoms with Gasteiger partial charge in [-0.25, -0.2) is 9.97 Å². The normalized spacial score (nSPS) is 16.9. The zero-order valence-corrected chi connectivity index (χ0v) is 12.0. The Morgan fingerprint density at radius 2 is 2.14 bits per heavy atom. The summed E-state index contributed by atoms with van der Waals surface area (Å²) in [5, 5.41) is 3.31. The lowest BCUT2D eigenvalue weighted by molar-refractivity contribution is 1.04. The molecule has 0 saturated carbocycles. The summed E-state index contributed by atoms with van der Waals surface area (Å²) in [5.74, 6) is 1.46. The molecule has 0 spiro atoms. The molecule has 1 aliphatic heterocycles. The Balaban J connectivity index is 2.39. The predicted molar refractivity (Wildman–Crippen MR) is 85.2 cm³/mol. The van der Waals surface area contributed by atoms with Gasteiger partial charge in [0, 0.05) is 36.1 Å². The van der Waals surface area contributed by atoms with Crippen molar-refractivity contribution in [2.45, 2.75) is 6.92 Å². The van der Waals surface area contributed by atoms with Crippen LogP contribution in [-0.2, 0) is 0 Å². The first-order chi connectivity index (χ1) is 10.2. The molecule has 0 atom stereocenters. The number of allylic oxidation sites excluding steroid dienone is 2. The number of aryl methyl sites for hydroxylation is 1. The highest BCUT2D eigenvalue weighted by Crippen LogP contribution is 2.36. The number of amidine groups is 1. The standard InChI is InChI=1S/C16H15N5/c1-4-5-12-15-13(8-19-10(2)20-15)11-6-7-18-9-14(11)21-16(12)17-3/h4-9H,1H2,2-3H3,(H,17,21)/b12-5-. The maximum Gasteiger partial charge on any atom is 0.134 e. The fourth-order valence-corrected chi connectivity index (χ4v) is 2.36. The summed E-state index contributed by atoms with van der Waals surface area (Å²) in [4.78, 5) is 17.4. The third-order valence-electron chi connectivity index (χ3n) is 3.29. The van der Waals surface area contributed by atoms with Crippen LogP contribution >= 0.6 is 0 Å². The number of hydrogen-bond donors (Lipinski definition) is 1. The van der Waals surface area contributed by atoms with Crippen molar-refractivity contribution in [1.82, 2.24) is 15.0 Å². The first-order valence-corrected chi connectivity index (χ1v) is 6.60. The van der Waals surface area contributed by atoms with E-state index in [-0.39, 0.29) is 0 Å². The van der Waals surface area contributed by atoms with Crippen LogP contribution in [0.25, 0.3) is 16.7 Å². The number of nitrogens with zero attached hydrogens (tertiary/aromatic N) is 4. The number of aliphatic imine (C=N–C) groups is 1. The van der Waals surface area contributed by atoms with Crippen molar-refractivity contribution in [3.63, 3.8) is 0 Å². The van der Waals surface area contributed by atoms with Crippen molar-refractivity contribution in [2.75, 3.05) is 12.4 Å². The Labute approximate surface area is 123 Å². The van der Waals surface area contributed by atoms with Gasteiger partial charge in [0.05, 0.1) is 17.6 Å². The molecule has 0 saturated heterocycles. The van der Waals surface area contributed by atoms with Crippen LogP contribution in [0.15, 0.2) is 48.4 Å². The van der Waals surface area contributed by atoms with E-state index in [0.717, 1.165) is 39.7 Å². The Bertz CT molecular complexity index is 774. The van der Waals surface area contributed by atoms with E-state index in [9.17, 15) is 0 Å². The van der Waals surface area contributed by atoms with Gasteiger partial charge in [-0.15, -0.1) is 0 Å². The van der Waals surface area contributed by atoms with Crippen molar-refractivity contribution in [3.8, 4) is 11.1 Å². The Kier molecular flexibility index (Phi) is 3.31. The molecule has 0 bridgehead atoms. The molecular weight excluding hydrogens is 262 g/mol. The molecule has 1 N–H and O–H groups in total. The van der Waals surface area contributed by atoms with Gasteiger partial charge in [0.2, 0.25) is 0 Å². The minimum atomic E-state index is 0.719. The molecule has 21 heavy (non-hydrogen) atoms. The van der Waals surface area contributed by atoms with Gasteiger partial charge < -0.3 is 5.32 Å². The molecular formula is C16H15N5. The number of hydrogen-bond acceptors (Lipinski definition) is 4. The van der Waals surface area contributed by atoms with E-state index in [4.69, 9.17) is 0 Å². The van der Waals surface area contributed by atoms with Gasteiger partial charge in [-0.3, -0.25) is 9.98 Å². The van der Waals surface area contributed by atoms with E-state index in [1.807, 2.05) is 25.3 Å². The van der Waals surface area contributed by atoms with Gasteiger partial charge in [0.1, 0.15) is 11.7 Å². The van der Waals surface area contributed by atoms with Crippen molar-refractivity contribution in [2.24, 2.45) is 4.99 Å². The van der Waals surface area contributed by atoms with Crippen LogP contribution in [0.5, 0.6) is 0 Å². The quantitative estimate of drug-likeness (QED) is 0.870. The largest absolute Gasteiger partial charge is 0.338 e. The molecule has 3 rings (SSSR count). The number of nitrogens with one attached hydrogen (secondary N) is 1. The highest BCUT2D eigenvalue weighted by Gasteiger charge is 2.23. The number of anilines is 1. The van der Waals surface area contributed by atoms with Crippen molar-refractivity contribution in [3.05, 3.63) is 54.9 Å². The first-order valence-electron chi connectivity index (χ1n) is 6.60. The molecule has 5 nitrogen and oxygen atoms in total. The molecule has 0 radical (unpaired) electrons. The molecule has 0 unspecified atom stereocenters. The summed E-state index contributed by atoms with van der Waals surface area (Å²) in [6.45, 7) is 5.66. The Morgan fingerprint density at radius 1 is 1.29 bits per heavy atom. The zero-order valence-electron chi connectivity index (χ0n) is 12.0.